The maximum absolute atomic E-state index is 12.4. The minimum Gasteiger partial charge on any atom is -0.481 e. The van der Waals surface area contributed by atoms with Gasteiger partial charge in [-0.25, -0.2) is 4.98 Å². The van der Waals surface area contributed by atoms with E-state index in [1.807, 2.05) is 22.7 Å². The number of carboxylic acid groups (broad SMARTS) is 1. The molecule has 2 aliphatic rings. The summed E-state index contributed by atoms with van der Waals surface area (Å²) in [5.41, 5.74) is 0. The fraction of sp³-hybridized carbons (Fsp3) is 0.667. The Hall–Kier alpha value is -2.38. The molecule has 1 aromatic rings. The highest BCUT2D eigenvalue weighted by Crippen LogP contribution is 2.31. The molecule has 2 atom stereocenters. The van der Waals surface area contributed by atoms with E-state index in [4.69, 9.17) is 9.90 Å². The molecule has 0 spiro atoms. The number of piperidine rings is 1. The fourth-order valence-electron chi connectivity index (χ4n) is 3.63. The van der Waals surface area contributed by atoms with E-state index in [0.29, 0.717) is 25.4 Å². The van der Waals surface area contributed by atoms with Gasteiger partial charge in [0.15, 0.2) is 0 Å². The van der Waals surface area contributed by atoms with Gasteiger partial charge < -0.3 is 19.5 Å². The predicted octanol–water partition coefficient (Wildman–Crippen LogP) is 0.863. The molecule has 1 N–H and O–H groups in total. The average molecular weight is 364 g/mol. The molecular weight excluding hydrogens is 336 g/mol. The summed E-state index contributed by atoms with van der Waals surface area (Å²) in [5, 5.41) is 7.42. The number of carboxylic acids is 1. The van der Waals surface area contributed by atoms with Crippen LogP contribution in [-0.2, 0) is 27.3 Å². The number of carbonyl (C=O) groups is 3. The van der Waals surface area contributed by atoms with Crippen LogP contribution < -0.4 is 0 Å². The summed E-state index contributed by atoms with van der Waals surface area (Å²) in [7, 11) is 1.86. The Labute approximate surface area is 153 Å². The normalized spacial score (nSPS) is 21.9. The molecule has 0 aliphatic carbocycles. The van der Waals surface area contributed by atoms with Gasteiger partial charge in [0.2, 0.25) is 11.8 Å². The zero-order valence-electron chi connectivity index (χ0n) is 15.7. The van der Waals surface area contributed by atoms with Gasteiger partial charge in [-0.05, 0) is 12.3 Å². The highest BCUT2D eigenvalue weighted by atomic mass is 16.4. The highest BCUT2D eigenvalue weighted by Gasteiger charge is 2.42. The van der Waals surface area contributed by atoms with Crippen LogP contribution in [0.3, 0.4) is 0 Å². The molecular formula is C18H28N4O4. The number of imidazole rings is 1. The highest BCUT2D eigenvalue weighted by molar-refractivity contribution is 5.83. The summed E-state index contributed by atoms with van der Waals surface area (Å²) in [4.78, 5) is 41.6. The van der Waals surface area contributed by atoms with Crippen LogP contribution in [0.15, 0.2) is 12.4 Å². The van der Waals surface area contributed by atoms with Crippen molar-refractivity contribution in [2.45, 2.75) is 39.7 Å². The predicted molar refractivity (Wildman–Crippen MR) is 95.3 cm³/mol. The van der Waals surface area contributed by atoms with Crippen LogP contribution in [0.25, 0.3) is 0 Å². The van der Waals surface area contributed by atoms with E-state index in [0.717, 1.165) is 38.7 Å². The van der Waals surface area contributed by atoms with Gasteiger partial charge in [-0.3, -0.25) is 14.4 Å². The van der Waals surface area contributed by atoms with Gasteiger partial charge in [0, 0.05) is 65.4 Å². The summed E-state index contributed by atoms with van der Waals surface area (Å²) < 4.78 is 2.04. The van der Waals surface area contributed by atoms with Crippen LogP contribution in [0.2, 0.25) is 0 Å². The third-order valence-electron chi connectivity index (χ3n) is 5.01. The first-order valence-electron chi connectivity index (χ1n) is 9.05. The SMILES string of the molecule is CC(=O)O.CCc1nccn1CCC(=O)N1C[C@H]2CCN(C)C(=O)[C@H]2C1. The van der Waals surface area contributed by atoms with Crippen LogP contribution >= 0.6 is 0 Å². The van der Waals surface area contributed by atoms with E-state index in [-0.39, 0.29) is 17.7 Å². The number of carbonyl (C=O) groups excluding carboxylic acids is 2. The number of nitrogens with zero attached hydrogens (tertiary/aromatic N) is 4. The van der Waals surface area contributed by atoms with E-state index in [2.05, 4.69) is 11.9 Å². The number of fused-ring (bicyclic) bond motifs is 1. The second kappa shape index (κ2) is 8.82. The molecule has 0 bridgehead atoms. The average Bonchev–Trinajstić information content (AvgIpc) is 3.22. The molecule has 0 unspecified atom stereocenters. The lowest BCUT2D eigenvalue weighted by Crippen LogP contribution is -2.42. The second-order valence-electron chi connectivity index (χ2n) is 6.87. The lowest BCUT2D eigenvalue weighted by molar-refractivity contribution is -0.138. The largest absolute Gasteiger partial charge is 0.481 e. The molecule has 1 aromatic heterocycles. The molecule has 0 saturated carbocycles. The lowest BCUT2D eigenvalue weighted by Gasteiger charge is -2.30. The number of rotatable bonds is 4. The minimum absolute atomic E-state index is 0.0159. The molecule has 3 heterocycles. The molecule has 2 aliphatic heterocycles. The Bertz CT molecular complexity index is 653. The topological polar surface area (TPSA) is 95.7 Å². The van der Waals surface area contributed by atoms with Gasteiger partial charge in [-0.15, -0.1) is 0 Å². The van der Waals surface area contributed by atoms with Crippen LogP contribution in [0, 0.1) is 11.8 Å². The van der Waals surface area contributed by atoms with E-state index in [9.17, 15) is 9.59 Å². The number of hydrogen-bond donors (Lipinski definition) is 1. The molecule has 0 radical (unpaired) electrons. The van der Waals surface area contributed by atoms with Gasteiger partial charge in [0.25, 0.3) is 5.97 Å². The van der Waals surface area contributed by atoms with Crippen molar-refractivity contribution < 1.29 is 19.5 Å². The van der Waals surface area contributed by atoms with E-state index >= 15 is 0 Å². The van der Waals surface area contributed by atoms with Crippen LogP contribution in [0.4, 0.5) is 0 Å². The monoisotopic (exact) mass is 364 g/mol. The number of hydrogen-bond acceptors (Lipinski definition) is 4. The standard InChI is InChI=1S/C16H24N4O2.C2H4O2/c1-3-14-17-6-9-19(14)8-5-15(21)20-10-12-4-7-18(2)16(22)13(12)11-20;1-2(3)4/h6,9,12-13H,3-5,7-8,10-11H2,1-2H3;1H3,(H,3,4)/t12-,13+;/m1./s1. The smallest absolute Gasteiger partial charge is 0.300 e. The maximum Gasteiger partial charge on any atom is 0.300 e. The summed E-state index contributed by atoms with van der Waals surface area (Å²) in [6, 6.07) is 0. The third kappa shape index (κ3) is 4.83. The number of aliphatic carboxylic acids is 1. The van der Waals surface area contributed by atoms with Crippen LogP contribution in [-0.4, -0.2) is 68.9 Å². The van der Waals surface area contributed by atoms with Gasteiger partial charge in [-0.2, -0.15) is 0 Å². The van der Waals surface area contributed by atoms with Crippen LogP contribution in [0.5, 0.6) is 0 Å². The molecule has 2 fully saturated rings. The van der Waals surface area contributed by atoms with E-state index < -0.39 is 5.97 Å². The Morgan fingerprint density at radius 1 is 1.35 bits per heavy atom. The summed E-state index contributed by atoms with van der Waals surface area (Å²) in [6.07, 6.45) is 6.07. The van der Waals surface area contributed by atoms with Gasteiger partial charge in [-0.1, -0.05) is 6.92 Å². The van der Waals surface area contributed by atoms with Crippen molar-refractivity contribution in [3.8, 4) is 0 Å². The molecule has 2 amide bonds. The fourth-order valence-corrected chi connectivity index (χ4v) is 3.63. The molecule has 2 saturated heterocycles. The molecule has 26 heavy (non-hydrogen) atoms. The molecule has 3 rings (SSSR count). The van der Waals surface area contributed by atoms with Crippen molar-refractivity contribution >= 4 is 17.8 Å². The Morgan fingerprint density at radius 2 is 2.04 bits per heavy atom. The Morgan fingerprint density at radius 3 is 2.69 bits per heavy atom. The van der Waals surface area contributed by atoms with E-state index in [1.54, 1.807) is 11.1 Å². The number of likely N-dealkylation sites (tertiary alicyclic amines) is 2. The first-order valence-corrected chi connectivity index (χ1v) is 9.05. The van der Waals surface area contributed by atoms with Gasteiger partial charge >= 0.3 is 0 Å². The van der Waals surface area contributed by atoms with Crippen molar-refractivity contribution in [2.24, 2.45) is 11.8 Å². The number of aryl methyl sites for hydroxylation is 2. The lowest BCUT2D eigenvalue weighted by atomic mass is 9.88. The number of amides is 2. The van der Waals surface area contributed by atoms with Crippen molar-refractivity contribution in [1.29, 1.82) is 0 Å². The minimum atomic E-state index is -0.833. The summed E-state index contributed by atoms with van der Waals surface area (Å²) in [6.45, 7) is 5.97. The zero-order valence-corrected chi connectivity index (χ0v) is 15.7. The second-order valence-corrected chi connectivity index (χ2v) is 6.87. The summed E-state index contributed by atoms with van der Waals surface area (Å²) in [5.74, 6) is 0.906. The molecule has 144 valence electrons. The van der Waals surface area contributed by atoms with Gasteiger partial charge in [0.05, 0.1) is 5.92 Å². The van der Waals surface area contributed by atoms with Gasteiger partial charge in [0.1, 0.15) is 5.82 Å². The zero-order chi connectivity index (χ0) is 19.3. The molecule has 8 nitrogen and oxygen atoms in total. The first-order chi connectivity index (χ1) is 12.3. The van der Waals surface area contributed by atoms with Crippen molar-refractivity contribution in [3.05, 3.63) is 18.2 Å². The third-order valence-corrected chi connectivity index (χ3v) is 5.01. The quantitative estimate of drug-likeness (QED) is 0.855. The van der Waals surface area contributed by atoms with Crippen molar-refractivity contribution in [1.82, 2.24) is 19.4 Å². The molecule has 0 aromatic carbocycles. The van der Waals surface area contributed by atoms with Crippen molar-refractivity contribution in [3.63, 3.8) is 0 Å². The molecule has 8 heteroatoms. The Balaban J connectivity index is 0.000000552. The maximum atomic E-state index is 12.4. The Kier molecular flexibility index (Phi) is 6.76. The van der Waals surface area contributed by atoms with Crippen LogP contribution in [0.1, 0.15) is 32.5 Å². The van der Waals surface area contributed by atoms with Crippen molar-refractivity contribution in [2.75, 3.05) is 26.7 Å². The number of aromatic nitrogens is 2. The summed E-state index contributed by atoms with van der Waals surface area (Å²) >= 11 is 0. The first kappa shape index (κ1) is 19.9. The van der Waals surface area contributed by atoms with E-state index in [1.165, 1.54) is 0 Å².